The molecule has 0 bridgehead atoms. The van der Waals surface area contributed by atoms with Gasteiger partial charge in [0.05, 0.1) is 17.3 Å². The van der Waals surface area contributed by atoms with Gasteiger partial charge in [0, 0.05) is 5.39 Å². The standard InChI is InChI=1S/C19H12N4O5/c24-15-12(16(25)22-19(28)21-15)7-20-23-17(26)10-5-3-8-1-2-9-4-6-11(18(23)27)14(10)13(8)9/h3-7H,1-2H2,(H3,21,22,24,25,28). The third kappa shape index (κ3) is 2.10. The first-order valence-electron chi connectivity index (χ1n) is 8.51. The van der Waals surface area contributed by atoms with E-state index in [0.29, 0.717) is 21.5 Å². The zero-order valence-corrected chi connectivity index (χ0v) is 14.3. The fourth-order valence-electron chi connectivity index (χ4n) is 3.83. The fraction of sp³-hybridized carbons (Fsp3) is 0.105. The zero-order valence-electron chi connectivity index (χ0n) is 14.3. The predicted molar refractivity (Wildman–Crippen MR) is 98.8 cm³/mol. The molecular formula is C19H12N4O5. The molecule has 138 valence electrons. The Labute approximate surface area is 155 Å². The number of aryl methyl sites for hydroxylation is 2. The third-order valence-electron chi connectivity index (χ3n) is 5.10. The molecule has 1 aliphatic carbocycles. The van der Waals surface area contributed by atoms with Gasteiger partial charge in [-0.25, -0.2) is 4.79 Å². The molecule has 2 heterocycles. The number of hydrogen-bond donors (Lipinski definition) is 3. The second kappa shape index (κ2) is 5.49. The normalized spacial score (nSPS) is 15.2. The van der Waals surface area contributed by atoms with Gasteiger partial charge in [-0.2, -0.15) is 10.1 Å². The first-order chi connectivity index (χ1) is 13.5. The molecular weight excluding hydrogens is 364 g/mol. The fourth-order valence-corrected chi connectivity index (χ4v) is 3.83. The van der Waals surface area contributed by atoms with Crippen LogP contribution in [0.15, 0.2) is 39.0 Å². The second-order valence-corrected chi connectivity index (χ2v) is 6.63. The molecule has 9 heteroatoms. The number of aromatic nitrogens is 2. The van der Waals surface area contributed by atoms with E-state index in [2.05, 4.69) is 5.10 Å². The summed E-state index contributed by atoms with van der Waals surface area (Å²) in [5.74, 6) is -1.95. The SMILES string of the molecule is O=C1c2ccc3c4c(ccc(c24)C(=O)N1N=Cc1c(O)[nH]c(=O)[nH]c1=O)CC3. The minimum absolute atomic E-state index is 0.355. The number of carbonyl (C=O) groups is 2. The van der Waals surface area contributed by atoms with Crippen molar-refractivity contribution < 1.29 is 14.7 Å². The predicted octanol–water partition coefficient (Wildman–Crippen LogP) is 0.651. The maximum Gasteiger partial charge on any atom is 0.328 e. The van der Waals surface area contributed by atoms with Crippen LogP contribution < -0.4 is 11.2 Å². The highest BCUT2D eigenvalue weighted by molar-refractivity contribution is 6.26. The number of H-pyrrole nitrogens is 2. The Balaban J connectivity index is 1.64. The van der Waals surface area contributed by atoms with Gasteiger partial charge in [-0.1, -0.05) is 12.1 Å². The number of imide groups is 1. The molecule has 0 atom stereocenters. The van der Waals surface area contributed by atoms with Crippen LogP contribution in [0.2, 0.25) is 0 Å². The molecule has 3 N–H and O–H groups in total. The molecule has 0 saturated heterocycles. The van der Waals surface area contributed by atoms with E-state index < -0.39 is 28.9 Å². The van der Waals surface area contributed by atoms with Crippen molar-refractivity contribution in [1.82, 2.24) is 15.0 Å². The van der Waals surface area contributed by atoms with Crippen LogP contribution in [0.25, 0.3) is 10.8 Å². The number of nitrogens with zero attached hydrogens (tertiary/aromatic N) is 2. The van der Waals surface area contributed by atoms with Gasteiger partial charge in [0.2, 0.25) is 5.88 Å². The lowest BCUT2D eigenvalue weighted by Gasteiger charge is -2.23. The van der Waals surface area contributed by atoms with Crippen LogP contribution >= 0.6 is 0 Å². The molecule has 0 unspecified atom stereocenters. The summed E-state index contributed by atoms with van der Waals surface area (Å²) in [5, 5.41) is 15.8. The number of hydrogen-bond acceptors (Lipinski definition) is 6. The first-order valence-corrected chi connectivity index (χ1v) is 8.51. The van der Waals surface area contributed by atoms with Crippen LogP contribution in [-0.4, -0.2) is 38.1 Å². The summed E-state index contributed by atoms with van der Waals surface area (Å²) in [6, 6.07) is 7.12. The Bertz CT molecular complexity index is 1310. The molecule has 0 saturated carbocycles. The van der Waals surface area contributed by atoms with Gasteiger partial charge in [-0.3, -0.25) is 24.4 Å². The molecule has 0 spiro atoms. The number of nitrogens with one attached hydrogen (secondary N) is 2. The molecule has 2 aliphatic rings. The summed E-state index contributed by atoms with van der Waals surface area (Å²) in [5.41, 5.74) is 0.769. The molecule has 5 rings (SSSR count). The second-order valence-electron chi connectivity index (χ2n) is 6.63. The Morgan fingerprint density at radius 3 is 2.07 bits per heavy atom. The Kier molecular flexibility index (Phi) is 3.17. The average molecular weight is 376 g/mol. The van der Waals surface area contributed by atoms with Crippen LogP contribution in [-0.2, 0) is 12.8 Å². The molecule has 3 aromatic rings. The Hall–Kier alpha value is -4.01. The number of aromatic hydroxyl groups is 1. The van der Waals surface area contributed by atoms with Crippen molar-refractivity contribution >= 4 is 28.8 Å². The highest BCUT2D eigenvalue weighted by Crippen LogP contribution is 2.38. The zero-order chi connectivity index (χ0) is 19.6. The van der Waals surface area contributed by atoms with Crippen LogP contribution in [0.1, 0.15) is 37.4 Å². The largest absolute Gasteiger partial charge is 0.494 e. The van der Waals surface area contributed by atoms with Gasteiger partial charge in [-0.15, -0.1) is 0 Å². The molecule has 1 aromatic heterocycles. The molecule has 9 nitrogen and oxygen atoms in total. The van der Waals surface area contributed by atoms with Gasteiger partial charge in [0.25, 0.3) is 17.4 Å². The number of carbonyl (C=O) groups excluding carboxylic acids is 2. The van der Waals surface area contributed by atoms with Crippen molar-refractivity contribution in [2.45, 2.75) is 12.8 Å². The molecule has 0 radical (unpaired) electrons. The van der Waals surface area contributed by atoms with E-state index in [0.717, 1.165) is 35.6 Å². The van der Waals surface area contributed by atoms with E-state index in [1.165, 1.54) is 0 Å². The smallest absolute Gasteiger partial charge is 0.328 e. The van der Waals surface area contributed by atoms with E-state index in [1.54, 1.807) is 12.1 Å². The van der Waals surface area contributed by atoms with E-state index in [-0.39, 0.29) is 5.56 Å². The van der Waals surface area contributed by atoms with Crippen LogP contribution in [0.4, 0.5) is 0 Å². The number of hydrazone groups is 1. The van der Waals surface area contributed by atoms with Crippen molar-refractivity contribution in [1.29, 1.82) is 0 Å². The maximum atomic E-state index is 12.9. The van der Waals surface area contributed by atoms with Crippen molar-refractivity contribution in [3.8, 4) is 5.88 Å². The lowest BCUT2D eigenvalue weighted by molar-refractivity contribution is 0.0616. The summed E-state index contributed by atoms with van der Waals surface area (Å²) in [7, 11) is 0. The molecule has 1 aliphatic heterocycles. The van der Waals surface area contributed by atoms with E-state index in [9.17, 15) is 24.3 Å². The minimum Gasteiger partial charge on any atom is -0.494 e. The average Bonchev–Trinajstić information content (AvgIpc) is 3.08. The highest BCUT2D eigenvalue weighted by Gasteiger charge is 2.35. The van der Waals surface area contributed by atoms with Gasteiger partial charge in [0.1, 0.15) is 5.56 Å². The number of benzene rings is 2. The topological polar surface area (TPSA) is 136 Å². The van der Waals surface area contributed by atoms with Crippen molar-refractivity contribution in [3.63, 3.8) is 0 Å². The summed E-state index contributed by atoms with van der Waals surface area (Å²) >= 11 is 0. The number of rotatable bonds is 2. The highest BCUT2D eigenvalue weighted by atomic mass is 16.3. The summed E-state index contributed by atoms with van der Waals surface area (Å²) in [6.07, 6.45) is 2.60. The summed E-state index contributed by atoms with van der Waals surface area (Å²) in [4.78, 5) is 52.7. The molecule has 2 aromatic carbocycles. The van der Waals surface area contributed by atoms with E-state index >= 15 is 0 Å². The summed E-state index contributed by atoms with van der Waals surface area (Å²) in [6.45, 7) is 0. The minimum atomic E-state index is -0.899. The van der Waals surface area contributed by atoms with Gasteiger partial charge in [-0.05, 0) is 41.5 Å². The van der Waals surface area contributed by atoms with Crippen LogP contribution in [0.5, 0.6) is 5.88 Å². The quantitative estimate of drug-likeness (QED) is 0.446. The summed E-state index contributed by atoms with van der Waals surface area (Å²) < 4.78 is 0. The van der Waals surface area contributed by atoms with Crippen molar-refractivity contribution in [2.75, 3.05) is 0 Å². The third-order valence-corrected chi connectivity index (χ3v) is 5.10. The van der Waals surface area contributed by atoms with Gasteiger partial charge in [0.15, 0.2) is 0 Å². The van der Waals surface area contributed by atoms with Gasteiger partial charge >= 0.3 is 5.69 Å². The van der Waals surface area contributed by atoms with Crippen molar-refractivity contribution in [3.05, 3.63) is 72.9 Å². The monoisotopic (exact) mass is 376 g/mol. The number of amides is 2. The lowest BCUT2D eigenvalue weighted by Crippen LogP contribution is -2.36. The van der Waals surface area contributed by atoms with E-state index in [4.69, 9.17) is 0 Å². The Morgan fingerprint density at radius 2 is 1.50 bits per heavy atom. The van der Waals surface area contributed by atoms with Crippen LogP contribution in [0, 0.1) is 0 Å². The van der Waals surface area contributed by atoms with Crippen LogP contribution in [0.3, 0.4) is 0 Å². The maximum absolute atomic E-state index is 12.9. The molecule has 0 fully saturated rings. The van der Waals surface area contributed by atoms with Gasteiger partial charge < -0.3 is 5.11 Å². The van der Waals surface area contributed by atoms with Crippen molar-refractivity contribution in [2.24, 2.45) is 5.10 Å². The lowest BCUT2D eigenvalue weighted by atomic mass is 9.92. The number of aromatic amines is 2. The molecule has 28 heavy (non-hydrogen) atoms. The first kappa shape index (κ1) is 16.2. The Morgan fingerprint density at radius 1 is 0.893 bits per heavy atom. The van der Waals surface area contributed by atoms with E-state index in [1.807, 2.05) is 22.1 Å². The molecule has 2 amide bonds.